The van der Waals surface area contributed by atoms with Gasteiger partial charge in [0.15, 0.2) is 0 Å². The fourth-order valence-electron chi connectivity index (χ4n) is 1.24. The second-order valence-corrected chi connectivity index (χ2v) is 3.65. The zero-order valence-electron chi connectivity index (χ0n) is 9.22. The highest BCUT2D eigenvalue weighted by Gasteiger charge is 1.94. The third-order valence-corrected chi connectivity index (χ3v) is 2.23. The van der Waals surface area contributed by atoms with Crippen molar-refractivity contribution < 1.29 is 0 Å². The molecule has 1 N–H and O–H groups in total. The van der Waals surface area contributed by atoms with Gasteiger partial charge in [0.05, 0.1) is 0 Å². The van der Waals surface area contributed by atoms with Gasteiger partial charge in [-0.15, -0.1) is 12.3 Å². The average Bonchev–Trinajstić information content (AvgIpc) is 2.25. The summed E-state index contributed by atoms with van der Waals surface area (Å²) in [5, 5.41) is 3.26. The summed E-state index contributed by atoms with van der Waals surface area (Å²) in [6, 6.07) is 8.47. The molecule has 0 aliphatic carbocycles. The van der Waals surface area contributed by atoms with Crippen molar-refractivity contribution >= 4 is 0 Å². The number of allylic oxidation sites excluding steroid dienone is 1. The van der Waals surface area contributed by atoms with Crippen LogP contribution in [0.15, 0.2) is 36.5 Å². The van der Waals surface area contributed by atoms with E-state index in [2.05, 4.69) is 49.0 Å². The number of nitrogens with one attached hydrogen (secondary N) is 1. The molecule has 1 nitrogen and oxygen atoms in total. The van der Waals surface area contributed by atoms with Crippen molar-refractivity contribution in [2.75, 3.05) is 0 Å². The second-order valence-electron chi connectivity index (χ2n) is 3.65. The largest absolute Gasteiger partial charge is 0.385 e. The zero-order chi connectivity index (χ0) is 11.1. The van der Waals surface area contributed by atoms with Gasteiger partial charge in [0.1, 0.15) is 0 Å². The number of aryl methyl sites for hydroxylation is 1. The minimum absolute atomic E-state index is 0.750. The molecule has 0 amide bonds. The fraction of sp³-hybridized carbons (Fsp3) is 0.286. The minimum Gasteiger partial charge on any atom is -0.385 e. The number of rotatable bonds is 5. The van der Waals surface area contributed by atoms with Gasteiger partial charge in [-0.2, -0.15) is 0 Å². The van der Waals surface area contributed by atoms with Gasteiger partial charge in [-0.25, -0.2) is 0 Å². The summed E-state index contributed by atoms with van der Waals surface area (Å²) in [6.45, 7) is 6.83. The van der Waals surface area contributed by atoms with E-state index < -0.39 is 0 Å². The summed E-state index contributed by atoms with van der Waals surface area (Å²) in [6.07, 6.45) is 6.78. The van der Waals surface area contributed by atoms with Gasteiger partial charge in [-0.3, -0.25) is 0 Å². The first-order valence-corrected chi connectivity index (χ1v) is 5.13. The van der Waals surface area contributed by atoms with Gasteiger partial charge < -0.3 is 5.32 Å². The van der Waals surface area contributed by atoms with Crippen molar-refractivity contribution in [2.24, 2.45) is 0 Å². The molecule has 0 aliphatic rings. The molecule has 15 heavy (non-hydrogen) atoms. The molecule has 0 saturated carbocycles. The Labute approximate surface area is 92.2 Å². The molecule has 0 aromatic heterocycles. The molecule has 1 rings (SSSR count). The van der Waals surface area contributed by atoms with Crippen molar-refractivity contribution in [1.29, 1.82) is 0 Å². The highest BCUT2D eigenvalue weighted by atomic mass is 14.9. The van der Waals surface area contributed by atoms with Gasteiger partial charge in [-0.1, -0.05) is 36.4 Å². The van der Waals surface area contributed by atoms with Crippen LogP contribution in [0.1, 0.15) is 24.0 Å². The molecule has 0 saturated heterocycles. The van der Waals surface area contributed by atoms with E-state index in [1.807, 2.05) is 0 Å². The van der Waals surface area contributed by atoms with Crippen LogP contribution >= 0.6 is 0 Å². The lowest BCUT2D eigenvalue weighted by Crippen LogP contribution is -2.11. The molecule has 0 radical (unpaired) electrons. The minimum atomic E-state index is 0.750. The maximum atomic E-state index is 5.18. The lowest BCUT2D eigenvalue weighted by atomic mass is 10.1. The normalized spacial score (nSPS) is 9.33. The Balaban J connectivity index is 2.34. The van der Waals surface area contributed by atoms with Crippen molar-refractivity contribution in [3.8, 4) is 12.3 Å². The van der Waals surface area contributed by atoms with Crippen LogP contribution < -0.4 is 5.32 Å². The standard InChI is InChI=1S/C14H17N/c1-4-5-6-13(3)15-11-14-9-7-12(2)8-10-14/h1,7-10,15H,3,5-6,11H2,2H3. The van der Waals surface area contributed by atoms with Crippen molar-refractivity contribution in [3.05, 3.63) is 47.7 Å². The van der Waals surface area contributed by atoms with Gasteiger partial charge in [0.2, 0.25) is 0 Å². The molecule has 78 valence electrons. The maximum absolute atomic E-state index is 5.18. The summed E-state index contributed by atoms with van der Waals surface area (Å²) in [7, 11) is 0. The Bertz CT molecular complexity index is 354. The van der Waals surface area contributed by atoms with Crippen molar-refractivity contribution in [1.82, 2.24) is 5.32 Å². The van der Waals surface area contributed by atoms with Crippen LogP contribution in [-0.4, -0.2) is 0 Å². The molecule has 0 spiro atoms. The third-order valence-electron chi connectivity index (χ3n) is 2.23. The molecule has 0 unspecified atom stereocenters. The quantitative estimate of drug-likeness (QED) is 0.719. The van der Waals surface area contributed by atoms with E-state index in [1.165, 1.54) is 11.1 Å². The maximum Gasteiger partial charge on any atom is 0.0397 e. The molecular formula is C14H17N. The van der Waals surface area contributed by atoms with Crippen molar-refractivity contribution in [3.63, 3.8) is 0 Å². The van der Waals surface area contributed by atoms with Gasteiger partial charge >= 0.3 is 0 Å². The van der Waals surface area contributed by atoms with E-state index in [-0.39, 0.29) is 0 Å². The molecule has 0 atom stereocenters. The van der Waals surface area contributed by atoms with E-state index in [0.29, 0.717) is 0 Å². The molecule has 0 heterocycles. The molecule has 0 bridgehead atoms. The highest BCUT2D eigenvalue weighted by Crippen LogP contribution is 2.04. The Morgan fingerprint density at radius 2 is 2.07 bits per heavy atom. The number of hydrogen-bond acceptors (Lipinski definition) is 1. The number of terminal acetylenes is 1. The van der Waals surface area contributed by atoms with Crippen LogP contribution in [0.2, 0.25) is 0 Å². The summed E-state index contributed by atoms with van der Waals surface area (Å²) in [5.74, 6) is 2.60. The smallest absolute Gasteiger partial charge is 0.0397 e. The van der Waals surface area contributed by atoms with Gasteiger partial charge in [0.25, 0.3) is 0 Å². The predicted molar refractivity (Wildman–Crippen MR) is 65.2 cm³/mol. The van der Waals surface area contributed by atoms with Crippen molar-refractivity contribution in [2.45, 2.75) is 26.3 Å². The molecule has 0 aliphatic heterocycles. The molecule has 0 fully saturated rings. The Morgan fingerprint density at radius 3 is 2.67 bits per heavy atom. The lowest BCUT2D eigenvalue weighted by molar-refractivity contribution is 0.761. The molecule has 1 aromatic carbocycles. The number of benzene rings is 1. The molecule has 1 aromatic rings. The first-order chi connectivity index (χ1) is 7.22. The summed E-state index contributed by atoms with van der Waals surface area (Å²) in [5.41, 5.74) is 3.56. The zero-order valence-corrected chi connectivity index (χ0v) is 9.22. The summed E-state index contributed by atoms with van der Waals surface area (Å²) < 4.78 is 0. The molecular weight excluding hydrogens is 182 g/mol. The topological polar surface area (TPSA) is 12.0 Å². The second kappa shape index (κ2) is 5.93. The number of hydrogen-bond donors (Lipinski definition) is 1. The van der Waals surface area contributed by atoms with E-state index in [0.717, 1.165) is 25.1 Å². The Morgan fingerprint density at radius 1 is 1.40 bits per heavy atom. The van der Waals surface area contributed by atoms with Crippen LogP contribution in [0, 0.1) is 19.3 Å². The first kappa shape index (κ1) is 11.4. The molecule has 1 heteroatoms. The van der Waals surface area contributed by atoms with E-state index >= 15 is 0 Å². The fourth-order valence-corrected chi connectivity index (χ4v) is 1.24. The third kappa shape index (κ3) is 4.37. The highest BCUT2D eigenvalue weighted by molar-refractivity contribution is 5.21. The van der Waals surface area contributed by atoms with Crippen LogP contribution in [-0.2, 0) is 6.54 Å². The lowest BCUT2D eigenvalue weighted by Gasteiger charge is -2.08. The summed E-state index contributed by atoms with van der Waals surface area (Å²) in [4.78, 5) is 0. The average molecular weight is 199 g/mol. The van der Waals surface area contributed by atoms with Crippen LogP contribution in [0.5, 0.6) is 0 Å². The van der Waals surface area contributed by atoms with Crippen LogP contribution in [0.25, 0.3) is 0 Å². The van der Waals surface area contributed by atoms with E-state index in [9.17, 15) is 0 Å². The Kier molecular flexibility index (Phi) is 4.50. The van der Waals surface area contributed by atoms with Gasteiger partial charge in [-0.05, 0) is 18.9 Å². The van der Waals surface area contributed by atoms with Gasteiger partial charge in [0, 0.05) is 18.7 Å². The predicted octanol–water partition coefficient (Wildman–Crippen LogP) is 3.01. The van der Waals surface area contributed by atoms with E-state index in [1.54, 1.807) is 0 Å². The summed E-state index contributed by atoms with van der Waals surface area (Å²) >= 11 is 0. The Hall–Kier alpha value is -1.68. The first-order valence-electron chi connectivity index (χ1n) is 5.13. The van der Waals surface area contributed by atoms with E-state index in [4.69, 9.17) is 6.42 Å². The van der Waals surface area contributed by atoms with Crippen LogP contribution in [0.4, 0.5) is 0 Å². The van der Waals surface area contributed by atoms with Crippen LogP contribution in [0.3, 0.4) is 0 Å². The monoisotopic (exact) mass is 199 g/mol. The SMILES string of the molecule is C#CCCC(=C)NCc1ccc(C)cc1.